The summed E-state index contributed by atoms with van der Waals surface area (Å²) in [5.41, 5.74) is 4.89. The van der Waals surface area contributed by atoms with Crippen LogP contribution in [0.5, 0.6) is 11.6 Å². The molecule has 8 heteroatoms. The maximum absolute atomic E-state index is 13.2. The lowest BCUT2D eigenvalue weighted by molar-refractivity contribution is 0.211. The summed E-state index contributed by atoms with van der Waals surface area (Å²) in [6.07, 6.45) is 5.20. The van der Waals surface area contributed by atoms with Gasteiger partial charge in [0.05, 0.1) is 11.6 Å². The number of allylic oxidation sites excluding steroid dienone is 1. The van der Waals surface area contributed by atoms with E-state index in [4.69, 9.17) is 20.0 Å². The van der Waals surface area contributed by atoms with Crippen molar-refractivity contribution in [2.45, 2.75) is 39.3 Å². The van der Waals surface area contributed by atoms with E-state index in [1.807, 2.05) is 55.6 Å². The summed E-state index contributed by atoms with van der Waals surface area (Å²) in [5.74, 6) is 1.68. The average Bonchev–Trinajstić information content (AvgIpc) is 3.36. The number of likely N-dealkylation sites (tertiary alicyclic amines) is 1. The highest BCUT2D eigenvalue weighted by molar-refractivity contribution is 7.17. The van der Waals surface area contributed by atoms with E-state index < -0.39 is 0 Å². The summed E-state index contributed by atoms with van der Waals surface area (Å²) in [6.45, 7) is 6.72. The van der Waals surface area contributed by atoms with Gasteiger partial charge in [0.1, 0.15) is 16.3 Å². The third-order valence-electron chi connectivity index (χ3n) is 6.54. The lowest BCUT2D eigenvalue weighted by Crippen LogP contribution is -2.39. The Kier molecular flexibility index (Phi) is 7.45. The predicted molar refractivity (Wildman–Crippen MR) is 146 cm³/mol. The molecule has 0 aliphatic carbocycles. The first kappa shape index (κ1) is 24.9. The maximum Gasteiger partial charge on any atom is 0.242 e. The second kappa shape index (κ2) is 11.1. The summed E-state index contributed by atoms with van der Waals surface area (Å²) >= 11 is 1.56. The van der Waals surface area contributed by atoms with E-state index in [1.165, 1.54) is 18.2 Å². The quantitative estimate of drug-likeness (QED) is 0.272. The molecule has 4 aromatic rings. The molecular formula is C29H28FN5OS. The van der Waals surface area contributed by atoms with Gasteiger partial charge in [-0.1, -0.05) is 12.1 Å². The van der Waals surface area contributed by atoms with Crippen molar-refractivity contribution in [1.29, 1.82) is 5.26 Å². The minimum absolute atomic E-state index is 0.201. The van der Waals surface area contributed by atoms with Crippen molar-refractivity contribution in [3.8, 4) is 17.7 Å². The predicted octanol–water partition coefficient (Wildman–Crippen LogP) is 6.85. The van der Waals surface area contributed by atoms with Gasteiger partial charge in [-0.25, -0.2) is 9.37 Å². The second-order valence-electron chi connectivity index (χ2n) is 9.36. The molecule has 37 heavy (non-hydrogen) atoms. The first-order valence-electron chi connectivity index (χ1n) is 12.3. The SMILES string of the molecule is Cc1cc(/C=C/C#N)cc(C)c1Oc1nc(NC2CCN(Cc3ccc(F)cc3)CC2)nc2ccsc12. The molecule has 2 aromatic carbocycles. The molecule has 0 atom stereocenters. The average molecular weight is 514 g/mol. The van der Waals surface area contributed by atoms with Gasteiger partial charge in [-0.3, -0.25) is 4.90 Å². The van der Waals surface area contributed by atoms with Crippen LogP contribution in [-0.2, 0) is 6.54 Å². The lowest BCUT2D eigenvalue weighted by atomic mass is 10.0. The molecule has 6 nitrogen and oxygen atoms in total. The molecular weight excluding hydrogens is 485 g/mol. The number of thiophene rings is 1. The van der Waals surface area contributed by atoms with Crippen molar-refractivity contribution in [3.63, 3.8) is 0 Å². The third-order valence-corrected chi connectivity index (χ3v) is 7.44. The number of fused-ring (bicyclic) bond motifs is 1. The number of rotatable bonds is 7. The molecule has 1 aliphatic heterocycles. The van der Waals surface area contributed by atoms with Crippen molar-refractivity contribution in [2.75, 3.05) is 18.4 Å². The minimum Gasteiger partial charge on any atom is -0.437 e. The van der Waals surface area contributed by atoms with Crippen LogP contribution >= 0.6 is 11.3 Å². The standard InChI is InChI=1S/C29H28FN5OS/c1-19-16-22(4-3-12-31)17-20(2)26(19)36-28-27-25(11-15-37-27)33-29(34-28)32-24-9-13-35(14-10-24)18-21-5-7-23(30)8-6-21/h3-8,11,15-17,24H,9-10,13-14,18H2,1-2H3,(H,32,33,34)/b4-3+. The van der Waals surface area contributed by atoms with Gasteiger partial charge in [0.25, 0.3) is 0 Å². The van der Waals surface area contributed by atoms with E-state index in [9.17, 15) is 4.39 Å². The van der Waals surface area contributed by atoms with E-state index in [2.05, 4.69) is 10.2 Å². The van der Waals surface area contributed by atoms with Gasteiger partial charge in [-0.2, -0.15) is 10.2 Å². The van der Waals surface area contributed by atoms with Crippen LogP contribution in [-0.4, -0.2) is 34.0 Å². The van der Waals surface area contributed by atoms with Crippen molar-refractivity contribution in [2.24, 2.45) is 0 Å². The fourth-order valence-corrected chi connectivity index (χ4v) is 5.46. The van der Waals surface area contributed by atoms with Crippen LogP contribution in [0.25, 0.3) is 16.3 Å². The van der Waals surface area contributed by atoms with E-state index in [0.717, 1.165) is 70.7 Å². The number of piperidine rings is 1. The fourth-order valence-electron chi connectivity index (χ4n) is 4.71. The Balaban J connectivity index is 1.29. The summed E-state index contributed by atoms with van der Waals surface area (Å²) in [6, 6.07) is 15.0. The van der Waals surface area contributed by atoms with Gasteiger partial charge < -0.3 is 10.1 Å². The number of aromatic nitrogens is 2. The van der Waals surface area contributed by atoms with Gasteiger partial charge in [0.15, 0.2) is 0 Å². The Morgan fingerprint density at radius 2 is 1.86 bits per heavy atom. The Bertz CT molecular complexity index is 1440. The Morgan fingerprint density at radius 3 is 2.57 bits per heavy atom. The Hall–Kier alpha value is -3.80. The first-order valence-corrected chi connectivity index (χ1v) is 13.2. The first-order chi connectivity index (χ1) is 18.0. The van der Waals surface area contributed by atoms with Crippen molar-refractivity contribution >= 4 is 33.6 Å². The van der Waals surface area contributed by atoms with Gasteiger partial charge in [-0.05, 0) is 90.7 Å². The molecule has 0 amide bonds. The monoisotopic (exact) mass is 513 g/mol. The molecule has 3 heterocycles. The Labute approximate surface area is 220 Å². The molecule has 0 unspecified atom stereocenters. The van der Waals surface area contributed by atoms with Crippen LogP contribution in [0.15, 0.2) is 53.9 Å². The van der Waals surface area contributed by atoms with Crippen LogP contribution in [0.1, 0.15) is 35.1 Å². The topological polar surface area (TPSA) is 74.1 Å². The zero-order chi connectivity index (χ0) is 25.8. The molecule has 1 fully saturated rings. The van der Waals surface area contributed by atoms with Crippen molar-refractivity contribution in [3.05, 3.63) is 82.0 Å². The van der Waals surface area contributed by atoms with E-state index >= 15 is 0 Å². The van der Waals surface area contributed by atoms with Crippen LogP contribution < -0.4 is 10.1 Å². The number of hydrogen-bond donors (Lipinski definition) is 1. The van der Waals surface area contributed by atoms with Crippen molar-refractivity contribution < 1.29 is 9.13 Å². The molecule has 2 aromatic heterocycles. The van der Waals surface area contributed by atoms with Crippen LogP contribution in [0, 0.1) is 31.0 Å². The number of ether oxygens (including phenoxy) is 1. The second-order valence-corrected chi connectivity index (χ2v) is 10.3. The highest BCUT2D eigenvalue weighted by Gasteiger charge is 2.21. The zero-order valence-corrected chi connectivity index (χ0v) is 21.7. The Morgan fingerprint density at radius 1 is 1.14 bits per heavy atom. The zero-order valence-electron chi connectivity index (χ0n) is 20.9. The van der Waals surface area contributed by atoms with Crippen LogP contribution in [0.3, 0.4) is 0 Å². The largest absolute Gasteiger partial charge is 0.437 e. The summed E-state index contributed by atoms with van der Waals surface area (Å²) < 4.78 is 20.5. The number of nitrogens with one attached hydrogen (secondary N) is 1. The van der Waals surface area contributed by atoms with E-state index in [-0.39, 0.29) is 11.9 Å². The molecule has 0 radical (unpaired) electrons. The molecule has 1 aliphatic rings. The molecule has 1 saturated heterocycles. The highest BCUT2D eigenvalue weighted by atomic mass is 32.1. The lowest BCUT2D eigenvalue weighted by Gasteiger charge is -2.32. The third kappa shape index (κ3) is 5.96. The molecule has 5 rings (SSSR count). The fraction of sp³-hybridized carbons (Fsp3) is 0.276. The van der Waals surface area contributed by atoms with Crippen LogP contribution in [0.2, 0.25) is 0 Å². The molecule has 188 valence electrons. The molecule has 1 N–H and O–H groups in total. The molecule has 0 saturated carbocycles. The highest BCUT2D eigenvalue weighted by Crippen LogP contribution is 2.36. The number of hydrogen-bond acceptors (Lipinski definition) is 7. The number of anilines is 1. The van der Waals surface area contributed by atoms with Gasteiger partial charge in [-0.15, -0.1) is 11.3 Å². The summed E-state index contributed by atoms with van der Waals surface area (Å²) in [5, 5.41) is 14.4. The van der Waals surface area contributed by atoms with Crippen molar-refractivity contribution in [1.82, 2.24) is 14.9 Å². The summed E-state index contributed by atoms with van der Waals surface area (Å²) in [7, 11) is 0. The van der Waals surface area contributed by atoms with E-state index in [0.29, 0.717) is 11.8 Å². The van der Waals surface area contributed by atoms with Gasteiger partial charge in [0, 0.05) is 31.8 Å². The maximum atomic E-state index is 13.2. The van der Waals surface area contributed by atoms with Gasteiger partial charge in [0.2, 0.25) is 11.8 Å². The molecule has 0 bridgehead atoms. The number of aryl methyl sites for hydroxylation is 2. The number of benzene rings is 2. The summed E-state index contributed by atoms with van der Waals surface area (Å²) in [4.78, 5) is 11.9. The number of nitriles is 1. The molecule has 0 spiro atoms. The van der Waals surface area contributed by atoms with E-state index in [1.54, 1.807) is 17.4 Å². The minimum atomic E-state index is -0.201. The van der Waals surface area contributed by atoms with Gasteiger partial charge >= 0.3 is 0 Å². The number of halogens is 1. The smallest absolute Gasteiger partial charge is 0.242 e. The number of nitrogens with zero attached hydrogens (tertiary/aromatic N) is 4. The normalized spacial score (nSPS) is 14.8. The van der Waals surface area contributed by atoms with Crippen LogP contribution in [0.4, 0.5) is 10.3 Å².